The van der Waals surface area contributed by atoms with Crippen molar-refractivity contribution in [3.8, 4) is 6.07 Å². The molecule has 5 heteroatoms. The predicted molar refractivity (Wildman–Crippen MR) is 76.1 cm³/mol. The molecule has 21 heavy (non-hydrogen) atoms. The first-order valence-electron chi connectivity index (χ1n) is 7.09. The van der Waals surface area contributed by atoms with Crippen LogP contribution in [-0.2, 0) is 16.1 Å². The lowest BCUT2D eigenvalue weighted by atomic mass is 9.81. The number of amides is 1. The van der Waals surface area contributed by atoms with Gasteiger partial charge < -0.3 is 10.4 Å². The van der Waals surface area contributed by atoms with E-state index in [-0.39, 0.29) is 17.7 Å². The number of rotatable bonds is 4. The molecule has 0 unspecified atom stereocenters. The van der Waals surface area contributed by atoms with Gasteiger partial charge in [-0.2, -0.15) is 5.26 Å². The number of benzene rings is 1. The number of nitrogens with one attached hydrogen (secondary N) is 1. The molecule has 0 spiro atoms. The summed E-state index contributed by atoms with van der Waals surface area (Å²) in [7, 11) is 0. The molecule has 1 saturated carbocycles. The normalized spacial score (nSPS) is 21.3. The number of carboxylic acids is 1. The van der Waals surface area contributed by atoms with Crippen LogP contribution in [0.25, 0.3) is 0 Å². The van der Waals surface area contributed by atoms with Gasteiger partial charge in [-0.05, 0) is 43.4 Å². The minimum Gasteiger partial charge on any atom is -0.481 e. The molecule has 0 aromatic heterocycles. The third kappa shape index (κ3) is 4.06. The van der Waals surface area contributed by atoms with Crippen molar-refractivity contribution >= 4 is 11.9 Å². The van der Waals surface area contributed by atoms with Gasteiger partial charge in [-0.15, -0.1) is 0 Å². The molecule has 1 fully saturated rings. The van der Waals surface area contributed by atoms with E-state index in [4.69, 9.17) is 10.4 Å². The third-order valence-electron chi connectivity index (χ3n) is 3.97. The first kappa shape index (κ1) is 15.0. The number of hydrogen-bond donors (Lipinski definition) is 2. The van der Waals surface area contributed by atoms with Crippen LogP contribution in [0.15, 0.2) is 24.3 Å². The standard InChI is InChI=1S/C16H18N2O3/c17-9-11-2-1-3-12(8-11)10-18-15(19)13-4-6-14(7-5-13)16(20)21/h1-3,8,13-14H,4-7,10H2,(H,18,19)(H,20,21). The minimum absolute atomic E-state index is 0.0267. The maximum absolute atomic E-state index is 12.1. The highest BCUT2D eigenvalue weighted by molar-refractivity contribution is 5.79. The van der Waals surface area contributed by atoms with Gasteiger partial charge >= 0.3 is 5.97 Å². The van der Waals surface area contributed by atoms with Crippen molar-refractivity contribution in [2.75, 3.05) is 0 Å². The quantitative estimate of drug-likeness (QED) is 0.886. The molecule has 2 N–H and O–H groups in total. The first-order chi connectivity index (χ1) is 10.1. The highest BCUT2D eigenvalue weighted by atomic mass is 16.4. The molecule has 5 nitrogen and oxygen atoms in total. The molecular weight excluding hydrogens is 268 g/mol. The number of carbonyl (C=O) groups excluding carboxylic acids is 1. The molecule has 0 heterocycles. The number of carboxylic acid groups (broad SMARTS) is 1. The third-order valence-corrected chi connectivity index (χ3v) is 3.97. The number of hydrogen-bond acceptors (Lipinski definition) is 3. The average molecular weight is 286 g/mol. The second-order valence-electron chi connectivity index (χ2n) is 5.42. The van der Waals surface area contributed by atoms with Gasteiger partial charge in [0.1, 0.15) is 0 Å². The number of carbonyl (C=O) groups is 2. The lowest BCUT2D eigenvalue weighted by Gasteiger charge is -2.25. The topological polar surface area (TPSA) is 90.2 Å². The maximum Gasteiger partial charge on any atom is 0.306 e. The molecule has 1 aromatic rings. The van der Waals surface area contributed by atoms with Gasteiger partial charge in [-0.25, -0.2) is 0 Å². The van der Waals surface area contributed by atoms with Crippen LogP contribution >= 0.6 is 0 Å². The molecule has 1 aliphatic rings. The molecule has 0 bridgehead atoms. The fourth-order valence-corrected chi connectivity index (χ4v) is 2.69. The van der Waals surface area contributed by atoms with Crippen LogP contribution in [0.1, 0.15) is 36.8 Å². The fraction of sp³-hybridized carbons (Fsp3) is 0.438. The summed E-state index contributed by atoms with van der Waals surface area (Å²) in [5.41, 5.74) is 1.46. The van der Waals surface area contributed by atoms with Crippen LogP contribution in [0, 0.1) is 23.2 Å². The highest BCUT2D eigenvalue weighted by Gasteiger charge is 2.29. The Morgan fingerprint density at radius 3 is 2.52 bits per heavy atom. The first-order valence-corrected chi connectivity index (χ1v) is 7.09. The summed E-state index contributed by atoms with van der Waals surface area (Å²) < 4.78 is 0. The lowest BCUT2D eigenvalue weighted by molar-refractivity contribution is -0.144. The van der Waals surface area contributed by atoms with E-state index in [1.165, 1.54) is 0 Å². The number of nitriles is 1. The second kappa shape index (κ2) is 6.89. The molecule has 1 amide bonds. The summed E-state index contributed by atoms with van der Waals surface area (Å²) in [6.45, 7) is 0.396. The Labute approximate surface area is 123 Å². The van der Waals surface area contributed by atoms with Crippen molar-refractivity contribution in [2.24, 2.45) is 11.8 Å². The monoisotopic (exact) mass is 286 g/mol. The van der Waals surface area contributed by atoms with Gasteiger partial charge in [0.2, 0.25) is 5.91 Å². The highest BCUT2D eigenvalue weighted by Crippen LogP contribution is 2.29. The van der Waals surface area contributed by atoms with Crippen molar-refractivity contribution < 1.29 is 14.7 Å². The van der Waals surface area contributed by atoms with Crippen molar-refractivity contribution in [2.45, 2.75) is 32.2 Å². The largest absolute Gasteiger partial charge is 0.481 e. The van der Waals surface area contributed by atoms with E-state index in [9.17, 15) is 9.59 Å². The number of aliphatic carboxylic acids is 1. The Morgan fingerprint density at radius 1 is 1.24 bits per heavy atom. The van der Waals surface area contributed by atoms with Crippen LogP contribution in [0.2, 0.25) is 0 Å². The summed E-state index contributed by atoms with van der Waals surface area (Å²) >= 11 is 0. The molecule has 0 radical (unpaired) electrons. The SMILES string of the molecule is N#Cc1cccc(CNC(=O)C2CCC(C(=O)O)CC2)c1. The Hall–Kier alpha value is -2.35. The maximum atomic E-state index is 12.1. The van der Waals surface area contributed by atoms with E-state index in [0.29, 0.717) is 37.8 Å². The smallest absolute Gasteiger partial charge is 0.306 e. The minimum atomic E-state index is -0.762. The Balaban J connectivity index is 1.83. The molecule has 1 aliphatic carbocycles. The van der Waals surface area contributed by atoms with E-state index >= 15 is 0 Å². The Bertz CT molecular complexity index is 569. The molecule has 2 rings (SSSR count). The summed E-state index contributed by atoms with van der Waals surface area (Å²) in [6.07, 6.45) is 2.39. The summed E-state index contributed by atoms with van der Waals surface area (Å²) in [6, 6.07) is 9.19. The summed E-state index contributed by atoms with van der Waals surface area (Å²) in [5, 5.41) is 20.6. The van der Waals surface area contributed by atoms with E-state index in [0.717, 1.165) is 5.56 Å². The van der Waals surface area contributed by atoms with Crippen LogP contribution < -0.4 is 5.32 Å². The molecule has 0 aliphatic heterocycles. The fourth-order valence-electron chi connectivity index (χ4n) is 2.69. The van der Waals surface area contributed by atoms with Crippen LogP contribution in [0.4, 0.5) is 0 Å². The second-order valence-corrected chi connectivity index (χ2v) is 5.42. The van der Waals surface area contributed by atoms with Crippen LogP contribution in [0.3, 0.4) is 0 Å². The van der Waals surface area contributed by atoms with Gasteiger partial charge in [0.15, 0.2) is 0 Å². The van der Waals surface area contributed by atoms with Gasteiger partial charge in [-0.1, -0.05) is 12.1 Å². The van der Waals surface area contributed by atoms with Crippen LogP contribution in [-0.4, -0.2) is 17.0 Å². The Kier molecular flexibility index (Phi) is 4.94. The zero-order valence-corrected chi connectivity index (χ0v) is 11.7. The van der Waals surface area contributed by atoms with Crippen molar-refractivity contribution in [1.29, 1.82) is 5.26 Å². The van der Waals surface area contributed by atoms with Gasteiger partial charge in [0.05, 0.1) is 17.6 Å². The van der Waals surface area contributed by atoms with E-state index in [1.54, 1.807) is 18.2 Å². The zero-order chi connectivity index (χ0) is 15.2. The van der Waals surface area contributed by atoms with Gasteiger partial charge in [0, 0.05) is 12.5 Å². The lowest BCUT2D eigenvalue weighted by Crippen LogP contribution is -2.34. The zero-order valence-electron chi connectivity index (χ0n) is 11.7. The number of nitrogens with zero attached hydrogens (tertiary/aromatic N) is 1. The van der Waals surface area contributed by atoms with Crippen LogP contribution in [0.5, 0.6) is 0 Å². The molecule has 1 aromatic carbocycles. The Morgan fingerprint density at radius 2 is 1.90 bits per heavy atom. The van der Waals surface area contributed by atoms with Gasteiger partial charge in [0.25, 0.3) is 0 Å². The molecule has 110 valence electrons. The van der Waals surface area contributed by atoms with E-state index < -0.39 is 5.97 Å². The molecule has 0 atom stereocenters. The average Bonchev–Trinajstić information content (AvgIpc) is 2.53. The summed E-state index contributed by atoms with van der Waals surface area (Å²) in [5.74, 6) is -1.19. The molecular formula is C16H18N2O3. The summed E-state index contributed by atoms with van der Waals surface area (Å²) in [4.78, 5) is 23.0. The van der Waals surface area contributed by atoms with Gasteiger partial charge in [-0.3, -0.25) is 9.59 Å². The van der Waals surface area contributed by atoms with Crippen molar-refractivity contribution in [1.82, 2.24) is 5.32 Å². The van der Waals surface area contributed by atoms with E-state index in [2.05, 4.69) is 11.4 Å². The molecule has 0 saturated heterocycles. The van der Waals surface area contributed by atoms with Crippen molar-refractivity contribution in [3.05, 3.63) is 35.4 Å². The van der Waals surface area contributed by atoms with E-state index in [1.807, 2.05) is 6.07 Å². The van der Waals surface area contributed by atoms with Crippen molar-refractivity contribution in [3.63, 3.8) is 0 Å². The predicted octanol–water partition coefficient (Wildman–Crippen LogP) is 2.07.